The minimum Gasteiger partial charge on any atom is -0.344 e. The van der Waals surface area contributed by atoms with Gasteiger partial charge in [-0.25, -0.2) is 0 Å². The Morgan fingerprint density at radius 1 is 1.40 bits per heavy atom. The number of nitrogens with zero attached hydrogens (tertiary/aromatic N) is 1. The maximum atomic E-state index is 11.7. The zero-order chi connectivity index (χ0) is 11.3. The molecule has 0 atom stereocenters. The summed E-state index contributed by atoms with van der Waals surface area (Å²) in [7, 11) is 1.89. The third kappa shape index (κ3) is 4.65. The van der Waals surface area contributed by atoms with Gasteiger partial charge in [-0.1, -0.05) is 26.7 Å². The van der Waals surface area contributed by atoms with Gasteiger partial charge in [0.2, 0.25) is 5.91 Å². The first-order chi connectivity index (χ1) is 7.09. The van der Waals surface area contributed by atoms with Crippen LogP contribution in [0.15, 0.2) is 0 Å². The van der Waals surface area contributed by atoms with E-state index in [0.717, 1.165) is 6.54 Å². The summed E-state index contributed by atoms with van der Waals surface area (Å²) in [6.07, 6.45) is 5.10. The van der Waals surface area contributed by atoms with Crippen LogP contribution in [-0.4, -0.2) is 37.0 Å². The van der Waals surface area contributed by atoms with E-state index in [1.165, 1.54) is 25.7 Å². The summed E-state index contributed by atoms with van der Waals surface area (Å²) in [5.41, 5.74) is 0. The van der Waals surface area contributed by atoms with Gasteiger partial charge >= 0.3 is 0 Å². The van der Waals surface area contributed by atoms with E-state index in [0.29, 0.717) is 18.5 Å². The summed E-state index contributed by atoms with van der Waals surface area (Å²) in [4.78, 5) is 13.5. The Hall–Kier alpha value is -0.570. The molecule has 88 valence electrons. The van der Waals surface area contributed by atoms with E-state index in [1.54, 1.807) is 0 Å². The van der Waals surface area contributed by atoms with E-state index >= 15 is 0 Å². The Morgan fingerprint density at radius 3 is 2.53 bits per heavy atom. The predicted octanol–water partition coefficient (Wildman–Crippen LogP) is 1.63. The second-order valence-electron chi connectivity index (χ2n) is 5.03. The Balaban J connectivity index is 2.16. The van der Waals surface area contributed by atoms with Gasteiger partial charge < -0.3 is 10.2 Å². The van der Waals surface area contributed by atoms with Crippen molar-refractivity contribution in [2.75, 3.05) is 20.1 Å². The van der Waals surface area contributed by atoms with Crippen LogP contribution in [0, 0.1) is 5.92 Å². The minimum absolute atomic E-state index is 0.218. The molecule has 0 saturated heterocycles. The minimum atomic E-state index is 0.218. The molecule has 3 heteroatoms. The Bertz CT molecular complexity index is 198. The number of hydrogen-bond acceptors (Lipinski definition) is 2. The molecular weight excluding hydrogens is 188 g/mol. The van der Waals surface area contributed by atoms with Crippen LogP contribution in [0.3, 0.4) is 0 Å². The molecule has 1 amide bonds. The second kappa shape index (κ2) is 6.11. The molecule has 0 bridgehead atoms. The number of hydrogen-bond donors (Lipinski definition) is 1. The Labute approximate surface area is 93.2 Å². The lowest BCUT2D eigenvalue weighted by Crippen LogP contribution is -2.40. The van der Waals surface area contributed by atoms with Gasteiger partial charge in [-0.3, -0.25) is 4.79 Å². The average Bonchev–Trinajstić information content (AvgIpc) is 2.65. The van der Waals surface area contributed by atoms with E-state index in [-0.39, 0.29) is 5.91 Å². The van der Waals surface area contributed by atoms with Gasteiger partial charge in [0.1, 0.15) is 0 Å². The zero-order valence-corrected chi connectivity index (χ0v) is 10.3. The van der Waals surface area contributed by atoms with E-state index in [4.69, 9.17) is 0 Å². The van der Waals surface area contributed by atoms with E-state index in [2.05, 4.69) is 19.2 Å². The average molecular weight is 212 g/mol. The normalized spacial score (nSPS) is 17.3. The van der Waals surface area contributed by atoms with Crippen molar-refractivity contribution in [3.8, 4) is 0 Å². The molecule has 15 heavy (non-hydrogen) atoms. The summed E-state index contributed by atoms with van der Waals surface area (Å²) >= 11 is 0. The van der Waals surface area contributed by atoms with Crippen LogP contribution in [0.1, 0.15) is 39.5 Å². The lowest BCUT2D eigenvalue weighted by molar-refractivity contribution is -0.129. The zero-order valence-electron chi connectivity index (χ0n) is 10.3. The molecule has 0 unspecified atom stereocenters. The standard InChI is InChI=1S/C12H24N2O/c1-10(2)9-14(3)12(15)8-13-11-6-4-5-7-11/h10-11,13H,4-9H2,1-3H3. The molecule has 1 aliphatic carbocycles. The van der Waals surface area contributed by atoms with Gasteiger partial charge in [0.15, 0.2) is 0 Å². The summed E-state index contributed by atoms with van der Waals surface area (Å²) in [5, 5.41) is 3.34. The predicted molar refractivity (Wildman–Crippen MR) is 62.7 cm³/mol. The van der Waals surface area contributed by atoms with Crippen LogP contribution in [0.5, 0.6) is 0 Å². The van der Waals surface area contributed by atoms with Gasteiger partial charge in [0.25, 0.3) is 0 Å². The lowest BCUT2D eigenvalue weighted by atomic mass is 10.2. The van der Waals surface area contributed by atoms with Crippen LogP contribution in [-0.2, 0) is 4.79 Å². The highest BCUT2D eigenvalue weighted by Crippen LogP contribution is 2.17. The first kappa shape index (κ1) is 12.5. The molecule has 0 radical (unpaired) electrons. The van der Waals surface area contributed by atoms with Crippen molar-refractivity contribution in [2.45, 2.75) is 45.6 Å². The molecular formula is C12H24N2O. The van der Waals surface area contributed by atoms with Crippen molar-refractivity contribution in [3.63, 3.8) is 0 Å². The van der Waals surface area contributed by atoms with Gasteiger partial charge in [-0.2, -0.15) is 0 Å². The topological polar surface area (TPSA) is 32.3 Å². The molecule has 3 nitrogen and oxygen atoms in total. The molecule has 0 spiro atoms. The number of carbonyl (C=O) groups is 1. The fraction of sp³-hybridized carbons (Fsp3) is 0.917. The monoisotopic (exact) mass is 212 g/mol. The van der Waals surface area contributed by atoms with Crippen molar-refractivity contribution in [1.82, 2.24) is 10.2 Å². The van der Waals surface area contributed by atoms with Crippen LogP contribution in [0.2, 0.25) is 0 Å². The smallest absolute Gasteiger partial charge is 0.236 e. The van der Waals surface area contributed by atoms with Crippen molar-refractivity contribution in [3.05, 3.63) is 0 Å². The maximum absolute atomic E-state index is 11.7. The number of carbonyl (C=O) groups excluding carboxylic acids is 1. The molecule has 1 N–H and O–H groups in total. The molecule has 0 heterocycles. The second-order valence-corrected chi connectivity index (χ2v) is 5.03. The first-order valence-electron chi connectivity index (χ1n) is 6.07. The number of rotatable bonds is 5. The number of amides is 1. The van der Waals surface area contributed by atoms with Crippen LogP contribution >= 0.6 is 0 Å². The Morgan fingerprint density at radius 2 is 2.00 bits per heavy atom. The SMILES string of the molecule is CC(C)CN(C)C(=O)CNC1CCCC1. The first-order valence-corrected chi connectivity index (χ1v) is 6.07. The molecule has 0 aliphatic heterocycles. The molecule has 1 fully saturated rings. The van der Waals surface area contributed by atoms with Crippen LogP contribution in [0.25, 0.3) is 0 Å². The summed E-state index contributed by atoms with van der Waals surface area (Å²) < 4.78 is 0. The fourth-order valence-electron chi connectivity index (χ4n) is 2.15. The fourth-order valence-corrected chi connectivity index (χ4v) is 2.15. The van der Waals surface area contributed by atoms with Gasteiger partial charge in [0.05, 0.1) is 6.54 Å². The summed E-state index contributed by atoms with van der Waals surface area (Å²) in [5.74, 6) is 0.765. The van der Waals surface area contributed by atoms with Crippen molar-refractivity contribution < 1.29 is 4.79 Å². The molecule has 0 aromatic rings. The lowest BCUT2D eigenvalue weighted by Gasteiger charge is -2.20. The third-order valence-corrected chi connectivity index (χ3v) is 2.96. The number of likely N-dealkylation sites (N-methyl/N-ethyl adjacent to an activating group) is 1. The molecule has 0 aromatic carbocycles. The van der Waals surface area contributed by atoms with Gasteiger partial charge in [0, 0.05) is 19.6 Å². The Kier molecular flexibility index (Phi) is 5.09. The van der Waals surface area contributed by atoms with Crippen molar-refractivity contribution >= 4 is 5.91 Å². The number of nitrogens with one attached hydrogen (secondary N) is 1. The summed E-state index contributed by atoms with van der Waals surface area (Å²) in [6.45, 7) is 5.63. The maximum Gasteiger partial charge on any atom is 0.236 e. The van der Waals surface area contributed by atoms with Gasteiger partial charge in [-0.15, -0.1) is 0 Å². The van der Waals surface area contributed by atoms with E-state index in [9.17, 15) is 4.79 Å². The molecule has 1 saturated carbocycles. The molecule has 0 aromatic heterocycles. The third-order valence-electron chi connectivity index (χ3n) is 2.96. The molecule has 1 aliphatic rings. The highest BCUT2D eigenvalue weighted by atomic mass is 16.2. The van der Waals surface area contributed by atoms with Crippen LogP contribution in [0.4, 0.5) is 0 Å². The van der Waals surface area contributed by atoms with E-state index < -0.39 is 0 Å². The molecule has 1 rings (SSSR count). The van der Waals surface area contributed by atoms with Crippen molar-refractivity contribution in [2.24, 2.45) is 5.92 Å². The van der Waals surface area contributed by atoms with Crippen molar-refractivity contribution in [1.29, 1.82) is 0 Å². The highest BCUT2D eigenvalue weighted by Gasteiger charge is 2.16. The quantitative estimate of drug-likeness (QED) is 0.751. The largest absolute Gasteiger partial charge is 0.344 e. The summed E-state index contributed by atoms with van der Waals surface area (Å²) in [6, 6.07) is 0.585. The van der Waals surface area contributed by atoms with Crippen LogP contribution < -0.4 is 5.32 Å². The van der Waals surface area contributed by atoms with E-state index in [1.807, 2.05) is 11.9 Å². The highest BCUT2D eigenvalue weighted by molar-refractivity contribution is 5.77. The van der Waals surface area contributed by atoms with Gasteiger partial charge in [-0.05, 0) is 18.8 Å².